The molecule has 0 radical (unpaired) electrons. The van der Waals surface area contributed by atoms with E-state index in [4.69, 9.17) is 9.47 Å². The average molecular weight is 430 g/mol. The second kappa shape index (κ2) is 8.42. The SMILES string of the molecule is CCOC(=O)C1CCC(OS(=O)(=O)C(F)(F)F)=C(COc2nsnc2C)C1. The fourth-order valence-corrected chi connectivity index (χ4v) is 3.45. The topological polar surface area (TPSA) is 105 Å². The standard InChI is InChI=1S/C14H17F3N2O6S2/c1-3-23-13(20)9-4-5-11(25-27(21,22)14(15,16)17)10(6-9)7-24-12-8(2)18-26-19-12/h9H,3-7H2,1-2H3. The van der Waals surface area contributed by atoms with E-state index in [1.165, 1.54) is 0 Å². The molecule has 13 heteroatoms. The normalized spacial score (nSPS) is 18.3. The van der Waals surface area contributed by atoms with Crippen molar-refractivity contribution in [1.29, 1.82) is 0 Å². The summed E-state index contributed by atoms with van der Waals surface area (Å²) < 4.78 is 83.0. The lowest BCUT2D eigenvalue weighted by atomic mass is 9.88. The van der Waals surface area contributed by atoms with E-state index in [1.807, 2.05) is 0 Å². The number of hydrogen-bond donors (Lipinski definition) is 0. The molecule has 0 aromatic carbocycles. The maximum atomic E-state index is 12.6. The Morgan fingerprint density at radius 2 is 2.04 bits per heavy atom. The molecule has 27 heavy (non-hydrogen) atoms. The summed E-state index contributed by atoms with van der Waals surface area (Å²) in [6.07, 6.45) is -0.119. The summed E-state index contributed by atoms with van der Waals surface area (Å²) >= 11 is 0.888. The number of carbonyl (C=O) groups is 1. The quantitative estimate of drug-likeness (QED) is 0.369. The van der Waals surface area contributed by atoms with Crippen LogP contribution in [0.1, 0.15) is 31.9 Å². The van der Waals surface area contributed by atoms with Crippen LogP contribution in [0.15, 0.2) is 11.3 Å². The first-order chi connectivity index (χ1) is 12.5. The Bertz CT molecular complexity index is 819. The van der Waals surface area contributed by atoms with Gasteiger partial charge in [-0.15, -0.1) is 4.37 Å². The van der Waals surface area contributed by atoms with Crippen molar-refractivity contribution in [2.75, 3.05) is 13.2 Å². The van der Waals surface area contributed by atoms with Crippen LogP contribution in [0.3, 0.4) is 0 Å². The van der Waals surface area contributed by atoms with Crippen molar-refractivity contribution in [3.63, 3.8) is 0 Å². The fourth-order valence-electron chi connectivity index (χ4n) is 2.39. The summed E-state index contributed by atoms with van der Waals surface area (Å²) in [5.74, 6) is -1.35. The molecule has 1 heterocycles. The smallest absolute Gasteiger partial charge is 0.471 e. The van der Waals surface area contributed by atoms with Gasteiger partial charge in [-0.25, -0.2) is 0 Å². The zero-order valence-electron chi connectivity index (χ0n) is 14.4. The first-order valence-electron chi connectivity index (χ1n) is 7.85. The summed E-state index contributed by atoms with van der Waals surface area (Å²) in [7, 11) is -5.81. The number of aromatic nitrogens is 2. The lowest BCUT2D eigenvalue weighted by Crippen LogP contribution is -2.29. The third kappa shape index (κ3) is 5.31. The van der Waals surface area contributed by atoms with Gasteiger partial charge >= 0.3 is 21.6 Å². The zero-order valence-corrected chi connectivity index (χ0v) is 16.0. The fraction of sp³-hybridized carbons (Fsp3) is 0.643. The van der Waals surface area contributed by atoms with Crippen molar-refractivity contribution in [3.05, 3.63) is 17.0 Å². The highest BCUT2D eigenvalue weighted by Gasteiger charge is 2.49. The molecule has 0 saturated carbocycles. The van der Waals surface area contributed by atoms with Gasteiger partial charge in [0.2, 0.25) is 5.88 Å². The van der Waals surface area contributed by atoms with Crippen molar-refractivity contribution in [3.8, 4) is 5.88 Å². The molecule has 1 aromatic rings. The summed E-state index contributed by atoms with van der Waals surface area (Å²) in [4.78, 5) is 11.9. The van der Waals surface area contributed by atoms with Gasteiger partial charge in [0.05, 0.1) is 24.3 Å². The second-order valence-electron chi connectivity index (χ2n) is 5.65. The number of nitrogens with zero attached hydrogens (tertiary/aromatic N) is 2. The minimum Gasteiger partial charge on any atom is -0.471 e. The number of rotatable bonds is 7. The molecule has 0 aliphatic heterocycles. The van der Waals surface area contributed by atoms with Gasteiger partial charge in [-0.2, -0.15) is 26.0 Å². The molecular formula is C14H17F3N2O6S2. The maximum absolute atomic E-state index is 12.6. The van der Waals surface area contributed by atoms with E-state index in [2.05, 4.69) is 12.9 Å². The van der Waals surface area contributed by atoms with Gasteiger partial charge < -0.3 is 13.7 Å². The van der Waals surface area contributed by atoms with Gasteiger partial charge in [-0.05, 0) is 26.7 Å². The minimum absolute atomic E-state index is 0.0435. The average Bonchev–Trinajstić information content (AvgIpc) is 2.98. The molecule has 0 saturated heterocycles. The largest absolute Gasteiger partial charge is 0.534 e. The lowest BCUT2D eigenvalue weighted by Gasteiger charge is -2.25. The third-order valence-electron chi connectivity index (χ3n) is 3.71. The van der Waals surface area contributed by atoms with Gasteiger partial charge in [0.15, 0.2) is 0 Å². The molecule has 2 rings (SSSR count). The van der Waals surface area contributed by atoms with Crippen molar-refractivity contribution in [2.24, 2.45) is 5.92 Å². The summed E-state index contributed by atoms with van der Waals surface area (Å²) in [6.45, 7) is 3.12. The Morgan fingerprint density at radius 1 is 1.33 bits per heavy atom. The molecule has 0 bridgehead atoms. The number of aryl methyl sites for hydroxylation is 1. The monoisotopic (exact) mass is 430 g/mol. The van der Waals surface area contributed by atoms with Crippen LogP contribution in [0.4, 0.5) is 13.2 Å². The van der Waals surface area contributed by atoms with Gasteiger partial charge in [0.25, 0.3) is 0 Å². The highest BCUT2D eigenvalue weighted by atomic mass is 32.2. The van der Waals surface area contributed by atoms with Crippen LogP contribution in [0, 0.1) is 12.8 Å². The summed E-state index contributed by atoms with van der Waals surface area (Å²) in [5, 5.41) is 0. The zero-order chi connectivity index (χ0) is 20.2. The van der Waals surface area contributed by atoms with Gasteiger partial charge in [0.1, 0.15) is 18.1 Å². The highest BCUT2D eigenvalue weighted by Crippen LogP contribution is 2.35. The Hall–Kier alpha value is -1.89. The van der Waals surface area contributed by atoms with Crippen LogP contribution in [0.25, 0.3) is 0 Å². The molecular weight excluding hydrogens is 413 g/mol. The van der Waals surface area contributed by atoms with Gasteiger partial charge in [-0.3, -0.25) is 4.79 Å². The number of carbonyl (C=O) groups excluding carboxylic acids is 1. The molecule has 1 aliphatic rings. The number of hydrogen-bond acceptors (Lipinski definition) is 9. The number of allylic oxidation sites excluding steroid dienone is 1. The Kier molecular flexibility index (Phi) is 6.68. The first-order valence-corrected chi connectivity index (χ1v) is 9.99. The predicted molar refractivity (Wildman–Crippen MR) is 87.2 cm³/mol. The third-order valence-corrected chi connectivity index (χ3v) is 5.31. The van der Waals surface area contributed by atoms with Crippen molar-refractivity contribution in [1.82, 2.24) is 8.75 Å². The molecule has 1 aromatic heterocycles. The van der Waals surface area contributed by atoms with Crippen LogP contribution in [-0.4, -0.2) is 41.9 Å². The lowest BCUT2D eigenvalue weighted by molar-refractivity contribution is -0.148. The molecule has 1 aliphatic carbocycles. The molecule has 1 unspecified atom stereocenters. The predicted octanol–water partition coefficient (Wildman–Crippen LogP) is 2.71. The summed E-state index contributed by atoms with van der Waals surface area (Å²) in [6, 6.07) is 0. The van der Waals surface area contributed by atoms with Crippen LogP contribution in [0.2, 0.25) is 0 Å². The molecule has 0 amide bonds. The number of ether oxygens (including phenoxy) is 2. The van der Waals surface area contributed by atoms with E-state index in [1.54, 1.807) is 13.8 Å². The summed E-state index contributed by atoms with van der Waals surface area (Å²) in [5.41, 5.74) is -4.96. The van der Waals surface area contributed by atoms with Crippen LogP contribution in [-0.2, 0) is 23.8 Å². The Balaban J connectivity index is 2.24. The molecule has 152 valence electrons. The van der Waals surface area contributed by atoms with Crippen LogP contribution in [0.5, 0.6) is 5.88 Å². The number of esters is 1. The highest BCUT2D eigenvalue weighted by molar-refractivity contribution is 7.87. The van der Waals surface area contributed by atoms with Crippen molar-refractivity contribution >= 4 is 27.8 Å². The molecule has 0 N–H and O–H groups in total. The van der Waals surface area contributed by atoms with Gasteiger partial charge in [-0.1, -0.05) is 0 Å². The minimum atomic E-state index is -5.81. The molecule has 1 atom stereocenters. The second-order valence-corrected chi connectivity index (χ2v) is 7.71. The number of halogens is 3. The van der Waals surface area contributed by atoms with Crippen molar-refractivity contribution < 1.29 is 40.0 Å². The number of alkyl halides is 3. The molecule has 0 spiro atoms. The van der Waals surface area contributed by atoms with E-state index in [-0.39, 0.29) is 49.7 Å². The van der Waals surface area contributed by atoms with E-state index in [0.29, 0.717) is 5.69 Å². The maximum Gasteiger partial charge on any atom is 0.534 e. The van der Waals surface area contributed by atoms with Gasteiger partial charge in [0, 0.05) is 12.0 Å². The van der Waals surface area contributed by atoms with Crippen molar-refractivity contribution in [2.45, 2.75) is 38.6 Å². The van der Waals surface area contributed by atoms with Crippen LogP contribution < -0.4 is 4.74 Å². The Morgan fingerprint density at radius 3 is 2.59 bits per heavy atom. The first kappa shape index (κ1) is 21.4. The van der Waals surface area contributed by atoms with E-state index in [9.17, 15) is 26.4 Å². The Labute approximate surface area is 157 Å². The van der Waals surface area contributed by atoms with E-state index < -0.39 is 27.5 Å². The molecule has 8 nitrogen and oxygen atoms in total. The van der Waals surface area contributed by atoms with E-state index >= 15 is 0 Å². The van der Waals surface area contributed by atoms with Crippen LogP contribution >= 0.6 is 11.7 Å². The van der Waals surface area contributed by atoms with E-state index in [0.717, 1.165) is 11.7 Å². The molecule has 0 fully saturated rings.